The lowest BCUT2D eigenvalue weighted by Crippen LogP contribution is -2.09. The minimum Gasteiger partial charge on any atom is -0.493 e. The fourth-order valence-corrected chi connectivity index (χ4v) is 3.16. The fraction of sp³-hybridized carbons (Fsp3) is 0.120. The molecule has 0 aliphatic rings. The summed E-state index contributed by atoms with van der Waals surface area (Å²) in [5.74, 6) is 0.790. The summed E-state index contributed by atoms with van der Waals surface area (Å²) in [4.78, 5) is 24.8. The molecule has 32 heavy (non-hydrogen) atoms. The topological polar surface area (TPSA) is 71.1 Å². The van der Waals surface area contributed by atoms with Crippen molar-refractivity contribution < 1.29 is 28.5 Å². The molecule has 0 N–H and O–H groups in total. The number of allylic oxidation sites excluding steroid dienone is 1. The number of benzene rings is 3. The minimum atomic E-state index is -0.571. The lowest BCUT2D eigenvalue weighted by molar-refractivity contribution is 0.0733. The van der Waals surface area contributed by atoms with Crippen LogP contribution in [0.25, 0.3) is 6.08 Å². The molecule has 0 fully saturated rings. The van der Waals surface area contributed by atoms with Crippen LogP contribution in [0.1, 0.15) is 26.3 Å². The lowest BCUT2D eigenvalue weighted by Gasteiger charge is -2.13. The van der Waals surface area contributed by atoms with Crippen molar-refractivity contribution in [3.8, 4) is 23.0 Å². The minimum absolute atomic E-state index is 0.101. The Kier molecular flexibility index (Phi) is 7.68. The van der Waals surface area contributed by atoms with Crippen molar-refractivity contribution in [2.75, 3.05) is 21.3 Å². The second-order valence-corrected chi connectivity index (χ2v) is 7.49. The van der Waals surface area contributed by atoms with Gasteiger partial charge in [0.1, 0.15) is 5.75 Å². The van der Waals surface area contributed by atoms with Crippen LogP contribution < -0.4 is 18.9 Å². The van der Waals surface area contributed by atoms with Crippen molar-refractivity contribution in [1.82, 2.24) is 0 Å². The van der Waals surface area contributed by atoms with Crippen LogP contribution in [0.5, 0.6) is 23.0 Å². The van der Waals surface area contributed by atoms with E-state index in [0.717, 1.165) is 10.0 Å². The summed E-state index contributed by atoms with van der Waals surface area (Å²) in [6.45, 7) is 0. The second-order valence-electron chi connectivity index (χ2n) is 6.58. The molecular formula is C25H21BrO6. The number of halogens is 1. The SMILES string of the molecule is COc1cc(C(=O)Oc2ccc(/C=C/C(=O)c3ccc(Br)cc3)cc2)cc(OC)c1OC. The van der Waals surface area contributed by atoms with Gasteiger partial charge in [0, 0.05) is 10.0 Å². The van der Waals surface area contributed by atoms with E-state index in [1.54, 1.807) is 42.5 Å². The third kappa shape index (κ3) is 5.56. The molecular weight excluding hydrogens is 476 g/mol. The number of ether oxygens (including phenoxy) is 4. The number of ketones is 1. The molecule has 0 aliphatic heterocycles. The van der Waals surface area contributed by atoms with Gasteiger partial charge >= 0.3 is 5.97 Å². The molecule has 3 aromatic rings. The average molecular weight is 497 g/mol. The van der Waals surface area contributed by atoms with Crippen LogP contribution >= 0.6 is 15.9 Å². The summed E-state index contributed by atoms with van der Waals surface area (Å²) < 4.78 is 22.2. The van der Waals surface area contributed by atoms with Gasteiger partial charge in [0.05, 0.1) is 26.9 Å². The number of hydrogen-bond donors (Lipinski definition) is 0. The van der Waals surface area contributed by atoms with E-state index in [2.05, 4.69) is 15.9 Å². The van der Waals surface area contributed by atoms with E-state index in [0.29, 0.717) is 28.6 Å². The third-order valence-corrected chi connectivity index (χ3v) is 5.08. The number of carbonyl (C=O) groups excluding carboxylic acids is 2. The summed E-state index contributed by atoms with van der Waals surface area (Å²) in [6, 6.07) is 17.0. The molecule has 0 unspecified atom stereocenters. The van der Waals surface area contributed by atoms with Crippen molar-refractivity contribution >= 4 is 33.8 Å². The molecule has 0 bridgehead atoms. The Hall–Kier alpha value is -3.58. The summed E-state index contributed by atoms with van der Waals surface area (Å²) in [5, 5.41) is 0. The van der Waals surface area contributed by atoms with Crippen molar-refractivity contribution in [3.05, 3.63) is 87.9 Å². The Morgan fingerprint density at radius 3 is 1.91 bits per heavy atom. The Balaban J connectivity index is 1.69. The molecule has 0 spiro atoms. The summed E-state index contributed by atoms with van der Waals surface area (Å²) in [5.41, 5.74) is 1.65. The highest BCUT2D eigenvalue weighted by molar-refractivity contribution is 9.10. The smallest absolute Gasteiger partial charge is 0.343 e. The molecule has 0 heterocycles. The molecule has 0 aliphatic carbocycles. The van der Waals surface area contributed by atoms with Crippen molar-refractivity contribution in [3.63, 3.8) is 0 Å². The molecule has 0 saturated heterocycles. The van der Waals surface area contributed by atoms with E-state index in [4.69, 9.17) is 18.9 Å². The van der Waals surface area contributed by atoms with Crippen LogP contribution in [0.15, 0.2) is 71.2 Å². The lowest BCUT2D eigenvalue weighted by atomic mass is 10.1. The zero-order valence-corrected chi connectivity index (χ0v) is 19.3. The highest BCUT2D eigenvalue weighted by Crippen LogP contribution is 2.38. The van der Waals surface area contributed by atoms with E-state index in [1.807, 2.05) is 12.1 Å². The standard InChI is InChI=1S/C25H21BrO6/c1-29-22-14-18(15-23(30-2)24(22)31-3)25(28)32-20-11-4-16(5-12-20)6-13-21(27)17-7-9-19(26)10-8-17/h4-15H,1-3H3/b13-6+. The number of carbonyl (C=O) groups is 2. The van der Waals surface area contributed by atoms with Gasteiger partial charge in [0.2, 0.25) is 5.75 Å². The largest absolute Gasteiger partial charge is 0.493 e. The number of hydrogen-bond acceptors (Lipinski definition) is 6. The zero-order valence-electron chi connectivity index (χ0n) is 17.8. The zero-order chi connectivity index (χ0) is 23.1. The first-order chi connectivity index (χ1) is 15.4. The van der Waals surface area contributed by atoms with Gasteiger partial charge in [-0.1, -0.05) is 34.1 Å². The Morgan fingerprint density at radius 1 is 0.781 bits per heavy atom. The monoisotopic (exact) mass is 496 g/mol. The van der Waals surface area contributed by atoms with Gasteiger partial charge in [0.25, 0.3) is 0 Å². The fourth-order valence-electron chi connectivity index (χ4n) is 2.89. The van der Waals surface area contributed by atoms with E-state index in [1.165, 1.54) is 39.5 Å². The van der Waals surface area contributed by atoms with Crippen LogP contribution in [-0.2, 0) is 0 Å². The Morgan fingerprint density at radius 2 is 1.38 bits per heavy atom. The van der Waals surface area contributed by atoms with E-state index >= 15 is 0 Å². The average Bonchev–Trinajstić information content (AvgIpc) is 2.82. The first-order valence-corrected chi connectivity index (χ1v) is 10.3. The van der Waals surface area contributed by atoms with Gasteiger partial charge in [-0.3, -0.25) is 4.79 Å². The molecule has 164 valence electrons. The van der Waals surface area contributed by atoms with E-state index in [9.17, 15) is 9.59 Å². The van der Waals surface area contributed by atoms with E-state index < -0.39 is 5.97 Å². The highest BCUT2D eigenvalue weighted by Gasteiger charge is 2.18. The van der Waals surface area contributed by atoms with Gasteiger partial charge in [-0.2, -0.15) is 0 Å². The molecule has 3 aromatic carbocycles. The van der Waals surface area contributed by atoms with Crippen LogP contribution in [0, 0.1) is 0 Å². The van der Waals surface area contributed by atoms with Crippen molar-refractivity contribution in [1.29, 1.82) is 0 Å². The summed E-state index contributed by atoms with van der Waals surface area (Å²) in [6.07, 6.45) is 3.20. The predicted molar refractivity (Wildman–Crippen MR) is 125 cm³/mol. The molecule has 7 heteroatoms. The number of rotatable bonds is 8. The first-order valence-electron chi connectivity index (χ1n) is 9.55. The number of methoxy groups -OCH3 is 3. The van der Waals surface area contributed by atoms with Gasteiger partial charge in [0.15, 0.2) is 17.3 Å². The van der Waals surface area contributed by atoms with Gasteiger partial charge in [-0.05, 0) is 60.2 Å². The highest BCUT2D eigenvalue weighted by atomic mass is 79.9. The maximum absolute atomic E-state index is 12.6. The maximum Gasteiger partial charge on any atom is 0.343 e. The molecule has 0 atom stereocenters. The summed E-state index contributed by atoms with van der Waals surface area (Å²) in [7, 11) is 4.43. The second kappa shape index (κ2) is 10.6. The molecule has 0 aromatic heterocycles. The maximum atomic E-state index is 12.6. The quantitative estimate of drug-likeness (QED) is 0.175. The molecule has 0 radical (unpaired) electrons. The van der Waals surface area contributed by atoms with Gasteiger partial charge < -0.3 is 18.9 Å². The number of esters is 1. The first kappa shape index (κ1) is 23.1. The normalized spacial score (nSPS) is 10.6. The van der Waals surface area contributed by atoms with Crippen LogP contribution in [-0.4, -0.2) is 33.1 Å². The van der Waals surface area contributed by atoms with E-state index in [-0.39, 0.29) is 11.3 Å². The van der Waals surface area contributed by atoms with Gasteiger partial charge in [-0.15, -0.1) is 0 Å². The predicted octanol–water partition coefficient (Wildman–Crippen LogP) is 5.59. The summed E-state index contributed by atoms with van der Waals surface area (Å²) >= 11 is 3.35. The van der Waals surface area contributed by atoms with Crippen LogP contribution in [0.4, 0.5) is 0 Å². The van der Waals surface area contributed by atoms with Crippen LogP contribution in [0.2, 0.25) is 0 Å². The van der Waals surface area contributed by atoms with Crippen LogP contribution in [0.3, 0.4) is 0 Å². The van der Waals surface area contributed by atoms with Crippen molar-refractivity contribution in [2.24, 2.45) is 0 Å². The Bertz CT molecular complexity index is 1110. The third-order valence-electron chi connectivity index (χ3n) is 4.55. The molecule has 0 saturated carbocycles. The van der Waals surface area contributed by atoms with Gasteiger partial charge in [-0.25, -0.2) is 4.79 Å². The Labute approximate surface area is 194 Å². The van der Waals surface area contributed by atoms with Crippen molar-refractivity contribution in [2.45, 2.75) is 0 Å². The molecule has 3 rings (SSSR count). The molecule has 6 nitrogen and oxygen atoms in total. The molecule has 0 amide bonds.